The number of hydrogen-bond donors (Lipinski definition) is 6. The van der Waals surface area contributed by atoms with Crippen molar-refractivity contribution in [2.75, 3.05) is 38.7 Å². The smallest absolute Gasteiger partial charge is 0.409 e. The number of aliphatic hydroxyl groups is 1. The van der Waals surface area contributed by atoms with E-state index in [1.54, 1.807) is 37.3 Å². The number of amides is 5. The Morgan fingerprint density at radius 2 is 1.68 bits per heavy atom. The molecule has 32 heteroatoms. The van der Waals surface area contributed by atoms with Crippen LogP contribution in [0.25, 0.3) is 11.2 Å². The maximum absolute atomic E-state index is 13.9. The molecule has 85 heavy (non-hydrogen) atoms. The summed E-state index contributed by atoms with van der Waals surface area (Å²) in [6.07, 6.45) is 1.35. The number of carbonyl (C=O) groups excluding carboxylic acids is 7. The lowest BCUT2D eigenvalue weighted by Crippen LogP contribution is -2.44. The van der Waals surface area contributed by atoms with Gasteiger partial charge in [0, 0.05) is 88.5 Å². The number of unbranched alkanes of at least 4 members (excludes halogenated alkanes) is 2. The number of aromatic nitrogens is 6. The minimum Gasteiger partial charge on any atom is -0.474 e. The zero-order valence-corrected chi connectivity index (χ0v) is 50.5. The van der Waals surface area contributed by atoms with E-state index >= 15 is 0 Å². The molecule has 1 aliphatic carbocycles. The second-order valence-electron chi connectivity index (χ2n) is 21.4. The van der Waals surface area contributed by atoms with E-state index in [1.165, 1.54) is 47.5 Å². The van der Waals surface area contributed by atoms with Crippen LogP contribution < -0.4 is 20.9 Å². The molecule has 8 rings (SSSR count). The lowest BCUT2D eigenvalue weighted by molar-refractivity contribution is -0.137. The van der Waals surface area contributed by atoms with Crippen molar-refractivity contribution < 1.29 is 80.4 Å². The number of thiol groups is 1. The van der Waals surface area contributed by atoms with Gasteiger partial charge in [0.1, 0.15) is 43.1 Å². The van der Waals surface area contributed by atoms with Crippen LogP contribution in [0.2, 0.25) is 0 Å². The number of H-pyrrole nitrogens is 1. The molecule has 2 bridgehead atoms. The number of carbonyl (C=O) groups is 7. The normalized spacial score (nSPS) is 25.8. The summed E-state index contributed by atoms with van der Waals surface area (Å²) in [4.78, 5) is 135. The van der Waals surface area contributed by atoms with Gasteiger partial charge in [-0.1, -0.05) is 56.8 Å². The van der Waals surface area contributed by atoms with Gasteiger partial charge in [-0.3, -0.25) is 57.9 Å². The molecule has 5 amide bonds. The van der Waals surface area contributed by atoms with Gasteiger partial charge in [0.15, 0.2) is 23.2 Å². The number of Topliss-reactive ketones (excluding diaryl/α,β-unsaturated/α-hetero) is 2. The van der Waals surface area contributed by atoms with Crippen molar-refractivity contribution in [1.82, 2.24) is 44.6 Å². The molecule has 460 valence electrons. The fraction of sp³-hybridized carbons (Fsp3) is 0.547. The second kappa shape index (κ2) is 29.0. The van der Waals surface area contributed by atoms with Crippen molar-refractivity contribution >= 4 is 96.0 Å². The maximum Gasteiger partial charge on any atom is 0.409 e. The number of imide groups is 1. The van der Waals surface area contributed by atoms with Crippen molar-refractivity contribution in [3.63, 3.8) is 0 Å². The Morgan fingerprint density at radius 3 is 2.40 bits per heavy atom. The molecule has 4 aliphatic rings. The van der Waals surface area contributed by atoms with Crippen LogP contribution in [-0.2, 0) is 85.7 Å². The number of rotatable bonds is 24. The molecule has 2 unspecified atom stereocenters. The molecule has 5 N–H and O–H groups in total. The number of nitrogens with zero attached hydrogens (tertiary/aromatic N) is 7. The molecule has 1 aromatic carbocycles. The summed E-state index contributed by atoms with van der Waals surface area (Å²) in [5, 5.41) is 16.8. The lowest BCUT2D eigenvalue weighted by atomic mass is 9.88. The standard InChI is InChI=1S/C53H68N10O18P2S2/c1-30(2)37(23-35(64)9-6-5-7-20-62-43(67)15-16-44(62)68)49(70)57-31(3)38(65)21-32-11-13-33(14-12-32)25-75-53(72)61(4)19-8-10-41(66)58-52-59-48-45(50(71)60-52)56-29-63(48)51-47-46(69)40(79-51)27-77-82(73,84)80-39-24-36(78-42-17-18-54-28-55-42)22-34(39)26-76-83(74,85)81-47/h11-18,28-31,34,36-37,39-40,46-47,51,69H,5-10,19-27H2,1-4H3,(H,57,70)(H,73,84)(H,74,85)(H2,58,59,60,66,71)/t31-,34+,36+,37-,39-,40+,46+,47+,51+,82?,83?/m0/s1. The predicted octanol–water partition coefficient (Wildman–Crippen LogP) is 4.42. The molecule has 3 fully saturated rings. The molecular weight excluding hydrogens is 1190 g/mol. The summed E-state index contributed by atoms with van der Waals surface area (Å²) < 4.78 is 55.8. The van der Waals surface area contributed by atoms with Gasteiger partial charge < -0.3 is 48.0 Å². The van der Waals surface area contributed by atoms with Crippen molar-refractivity contribution in [3.05, 3.63) is 82.8 Å². The third-order valence-corrected chi connectivity index (χ3v) is 17.9. The van der Waals surface area contributed by atoms with Gasteiger partial charge in [-0.15, -0.1) is 0 Å². The molecule has 0 spiro atoms. The molecule has 4 aromatic rings. The predicted molar refractivity (Wildman–Crippen MR) is 308 cm³/mol. The van der Waals surface area contributed by atoms with Gasteiger partial charge in [-0.05, 0) is 61.5 Å². The highest BCUT2D eigenvalue weighted by Gasteiger charge is 2.51. The van der Waals surface area contributed by atoms with Crippen molar-refractivity contribution in [1.29, 1.82) is 0 Å². The number of imidazole rings is 1. The van der Waals surface area contributed by atoms with Crippen LogP contribution in [0.5, 0.6) is 5.88 Å². The van der Waals surface area contributed by atoms with Gasteiger partial charge in [-0.2, -0.15) is 4.98 Å². The zero-order chi connectivity index (χ0) is 61.2. The number of anilines is 1. The highest BCUT2D eigenvalue weighted by atomic mass is 32.7. The molecule has 28 nitrogen and oxygen atoms in total. The Balaban J connectivity index is 0.771. The third-order valence-electron chi connectivity index (χ3n) is 14.7. The summed E-state index contributed by atoms with van der Waals surface area (Å²) in [6, 6.07) is 7.58. The van der Waals surface area contributed by atoms with Crippen molar-refractivity contribution in [2.24, 2.45) is 17.8 Å². The zero-order valence-electron chi connectivity index (χ0n) is 47.0. The van der Waals surface area contributed by atoms with E-state index in [1.807, 2.05) is 13.8 Å². The molecule has 11 atom stereocenters. The number of benzene rings is 1. The molecule has 3 aromatic heterocycles. The summed E-state index contributed by atoms with van der Waals surface area (Å²) in [6.45, 7) is -3.58. The Bertz CT molecular complexity index is 3270. The van der Waals surface area contributed by atoms with E-state index in [2.05, 4.69) is 47.8 Å². The maximum atomic E-state index is 13.9. The first kappa shape index (κ1) is 64.8. The highest BCUT2D eigenvalue weighted by Crippen LogP contribution is 2.59. The summed E-state index contributed by atoms with van der Waals surface area (Å²) in [7, 11) is 1.49. The van der Waals surface area contributed by atoms with E-state index in [0.717, 1.165) is 4.90 Å². The van der Waals surface area contributed by atoms with Crippen LogP contribution in [0.15, 0.2) is 66.1 Å². The van der Waals surface area contributed by atoms with Crippen molar-refractivity contribution in [3.8, 4) is 5.88 Å². The van der Waals surface area contributed by atoms with E-state index in [-0.39, 0.29) is 117 Å². The van der Waals surface area contributed by atoms with Crippen LogP contribution in [0.4, 0.5) is 10.7 Å². The Hall–Kier alpha value is -6.17. The first-order valence-electron chi connectivity index (χ1n) is 27.6. The highest BCUT2D eigenvalue weighted by molar-refractivity contribution is 8.44. The molecule has 2 saturated heterocycles. The van der Waals surface area contributed by atoms with Crippen LogP contribution in [0.1, 0.15) is 95.9 Å². The number of aromatic amines is 1. The molecular formula is C53H68N10O18P2S2. The number of ketones is 2. The van der Waals surface area contributed by atoms with E-state index in [0.29, 0.717) is 42.7 Å². The summed E-state index contributed by atoms with van der Waals surface area (Å²) in [5.74, 6) is -3.30. The first-order valence-corrected chi connectivity index (χ1v) is 32.9. The minimum atomic E-state index is -4.34. The van der Waals surface area contributed by atoms with Gasteiger partial charge >= 0.3 is 19.6 Å². The number of nitrogens with one attached hydrogen (secondary N) is 3. The minimum absolute atomic E-state index is 0.0123. The van der Waals surface area contributed by atoms with E-state index in [9.17, 15) is 52.9 Å². The topological polar surface area (TPSA) is 362 Å². The third kappa shape index (κ3) is 17.7. The van der Waals surface area contributed by atoms with E-state index in [4.69, 9.17) is 44.1 Å². The molecule has 1 saturated carbocycles. The number of aliphatic hydroxyl groups excluding tert-OH is 1. The van der Waals surface area contributed by atoms with Crippen LogP contribution >= 0.6 is 25.8 Å². The average molecular weight is 1260 g/mol. The number of ether oxygens (including phenoxy) is 3. The largest absolute Gasteiger partial charge is 0.474 e. The van der Waals surface area contributed by atoms with Crippen LogP contribution in [0, 0.1) is 17.8 Å². The fourth-order valence-corrected chi connectivity index (χ4v) is 13.0. The lowest BCUT2D eigenvalue weighted by Gasteiger charge is -2.27. The van der Waals surface area contributed by atoms with Crippen LogP contribution in [0.3, 0.4) is 0 Å². The van der Waals surface area contributed by atoms with Crippen molar-refractivity contribution in [2.45, 2.75) is 134 Å². The Kier molecular flexibility index (Phi) is 22.1. The van der Waals surface area contributed by atoms with Gasteiger partial charge in [-0.25, -0.2) is 24.3 Å². The SMILES string of the molecule is CC(C)[C@H](CC(=O)CCCCCN1C(=O)C=CC1=O)C(=O)N[C@@H](C)C(=O)Cc1ccc(COC(=O)N(C)CCCC(=O)Nc2nc3c(ncn3[C@@H]3O[C@@H]4COP(O)(=S)O[C@H]5C[C@H](Oc6ccncn6)C[C@@H]5COP(=O)(S)O[C@@H]3[C@@H]4O)c(=O)[nH]2)cc1. The molecule has 0 radical (unpaired) electrons. The fourth-order valence-electron chi connectivity index (χ4n) is 9.99. The summed E-state index contributed by atoms with van der Waals surface area (Å²) >= 11 is 9.56. The Labute approximate surface area is 498 Å². The van der Waals surface area contributed by atoms with Gasteiger partial charge in [0.2, 0.25) is 23.6 Å². The quantitative estimate of drug-likeness (QED) is 0.0245. The second-order valence-corrected chi connectivity index (χ2v) is 27.1. The monoisotopic (exact) mass is 1260 g/mol. The average Bonchev–Trinajstić information content (AvgIpc) is 1.93. The van der Waals surface area contributed by atoms with Crippen LogP contribution in [-0.4, -0.2) is 160 Å². The summed E-state index contributed by atoms with van der Waals surface area (Å²) in [5.41, 5.74) is 0.201. The first-order chi connectivity index (χ1) is 40.4. The van der Waals surface area contributed by atoms with E-state index < -0.39 is 92.3 Å². The molecule has 3 aliphatic heterocycles. The molecule has 6 heterocycles. The number of hydrogen-bond acceptors (Lipinski definition) is 22. The van der Waals surface area contributed by atoms with Gasteiger partial charge in [0.05, 0.1) is 31.7 Å². The Morgan fingerprint density at radius 1 is 0.941 bits per heavy atom. The van der Waals surface area contributed by atoms with Gasteiger partial charge in [0.25, 0.3) is 17.4 Å². The number of fused-ring (bicyclic) bond motifs is 4.